The van der Waals surface area contributed by atoms with E-state index in [1.807, 2.05) is 18.2 Å². The van der Waals surface area contributed by atoms with Gasteiger partial charge in [0.25, 0.3) is 0 Å². The van der Waals surface area contributed by atoms with Gasteiger partial charge in [-0.25, -0.2) is 4.79 Å². The highest BCUT2D eigenvalue weighted by Gasteiger charge is 2.39. The summed E-state index contributed by atoms with van der Waals surface area (Å²) in [6.07, 6.45) is 2.40. The second kappa shape index (κ2) is 10.5. The van der Waals surface area contributed by atoms with Gasteiger partial charge in [-0.05, 0) is 60.7 Å². The van der Waals surface area contributed by atoms with Gasteiger partial charge in [-0.2, -0.15) is 0 Å². The summed E-state index contributed by atoms with van der Waals surface area (Å²) >= 11 is 0. The topological polar surface area (TPSA) is 32.8 Å². The molecule has 0 spiro atoms. The molecule has 0 aromatic heterocycles. The Kier molecular flexibility index (Phi) is 7.08. The monoisotopic (exact) mass is 454 g/mol. The Bertz CT molecular complexity index is 1080. The normalized spacial score (nSPS) is 22.0. The number of rotatable bonds is 6. The Hall–Kier alpha value is -2.95. The van der Waals surface area contributed by atoms with E-state index in [2.05, 4.69) is 76.5 Å². The zero-order valence-electron chi connectivity index (χ0n) is 20.0. The van der Waals surface area contributed by atoms with Crippen LogP contribution in [0.5, 0.6) is 0 Å². The van der Waals surface area contributed by atoms with Gasteiger partial charge in [0.1, 0.15) is 0 Å². The molecule has 3 aromatic carbocycles. The minimum Gasteiger partial charge on any atom is -0.465 e. The second-order valence-electron chi connectivity index (χ2n) is 9.69. The van der Waals surface area contributed by atoms with Crippen LogP contribution in [0.25, 0.3) is 0 Å². The molecule has 0 N–H and O–H groups in total. The van der Waals surface area contributed by atoms with Gasteiger partial charge in [-0.1, -0.05) is 72.8 Å². The van der Waals surface area contributed by atoms with E-state index in [1.165, 1.54) is 36.6 Å². The van der Waals surface area contributed by atoms with Crippen molar-refractivity contribution in [3.63, 3.8) is 0 Å². The number of ether oxygens (including phenoxy) is 1. The molecule has 0 saturated carbocycles. The summed E-state index contributed by atoms with van der Waals surface area (Å²) in [5, 5.41) is 0. The van der Waals surface area contributed by atoms with Crippen LogP contribution in [0.3, 0.4) is 0 Å². The predicted molar refractivity (Wildman–Crippen MR) is 136 cm³/mol. The highest BCUT2D eigenvalue weighted by atomic mass is 16.5. The van der Waals surface area contributed by atoms with E-state index in [4.69, 9.17) is 4.74 Å². The lowest BCUT2D eigenvalue weighted by Gasteiger charge is -2.38. The van der Waals surface area contributed by atoms with Crippen molar-refractivity contribution in [3.8, 4) is 0 Å². The highest BCUT2D eigenvalue weighted by molar-refractivity contribution is 5.89. The molecule has 0 aliphatic carbocycles. The summed E-state index contributed by atoms with van der Waals surface area (Å²) in [4.78, 5) is 17.5. The number of nitrogens with zero attached hydrogens (tertiary/aromatic N) is 2. The van der Waals surface area contributed by atoms with Crippen molar-refractivity contribution in [2.45, 2.75) is 37.3 Å². The van der Waals surface area contributed by atoms with Crippen LogP contribution in [0.4, 0.5) is 0 Å². The maximum atomic E-state index is 12.2. The average Bonchev–Trinajstić information content (AvgIpc) is 3.33. The number of methoxy groups -OCH3 is 1. The van der Waals surface area contributed by atoms with Crippen LogP contribution in [0.2, 0.25) is 0 Å². The number of esters is 1. The molecule has 2 atom stereocenters. The molecule has 2 heterocycles. The van der Waals surface area contributed by atoms with Crippen LogP contribution < -0.4 is 0 Å². The van der Waals surface area contributed by atoms with Gasteiger partial charge >= 0.3 is 5.97 Å². The van der Waals surface area contributed by atoms with Gasteiger partial charge in [0.2, 0.25) is 0 Å². The van der Waals surface area contributed by atoms with Crippen LogP contribution in [-0.2, 0) is 11.3 Å². The third kappa shape index (κ3) is 5.08. The van der Waals surface area contributed by atoms with Crippen LogP contribution in [0.1, 0.15) is 51.7 Å². The molecule has 2 aliphatic rings. The number of hydrogen-bond donors (Lipinski definition) is 0. The third-order valence-corrected chi connectivity index (χ3v) is 7.62. The molecular formula is C30H34N2O2. The van der Waals surface area contributed by atoms with Crippen molar-refractivity contribution in [2.24, 2.45) is 0 Å². The minimum atomic E-state index is -0.263. The Morgan fingerprint density at radius 1 is 0.853 bits per heavy atom. The zero-order valence-corrected chi connectivity index (χ0v) is 20.0. The first-order valence-corrected chi connectivity index (χ1v) is 12.4. The van der Waals surface area contributed by atoms with Crippen LogP contribution in [0, 0.1) is 0 Å². The Labute approximate surface area is 203 Å². The largest absolute Gasteiger partial charge is 0.465 e. The lowest BCUT2D eigenvalue weighted by molar-refractivity contribution is 0.0600. The molecule has 4 heteroatoms. The van der Waals surface area contributed by atoms with E-state index in [0.29, 0.717) is 23.4 Å². The summed E-state index contributed by atoms with van der Waals surface area (Å²) in [5.41, 5.74) is 4.71. The first-order chi connectivity index (χ1) is 16.7. The Balaban J connectivity index is 1.35. The average molecular weight is 455 g/mol. The van der Waals surface area contributed by atoms with Crippen molar-refractivity contribution < 1.29 is 9.53 Å². The molecule has 0 unspecified atom stereocenters. The molecule has 3 aromatic rings. The van der Waals surface area contributed by atoms with Crippen LogP contribution in [0.15, 0.2) is 84.9 Å². The molecule has 2 saturated heterocycles. The lowest BCUT2D eigenvalue weighted by Crippen LogP contribution is -2.44. The molecule has 0 bridgehead atoms. The van der Waals surface area contributed by atoms with E-state index in [0.717, 1.165) is 32.7 Å². The van der Waals surface area contributed by atoms with E-state index >= 15 is 0 Å². The van der Waals surface area contributed by atoms with Gasteiger partial charge in [0.05, 0.1) is 12.7 Å². The molecule has 4 nitrogen and oxygen atoms in total. The SMILES string of the molecule is COC(=O)c1cccc([C@H]2CN(Cc3ccccc3)C[C@@H]2N2CCC(c3ccccc3)CC2)c1. The maximum absolute atomic E-state index is 12.2. The van der Waals surface area contributed by atoms with Crippen molar-refractivity contribution in [2.75, 3.05) is 33.3 Å². The van der Waals surface area contributed by atoms with E-state index in [9.17, 15) is 4.79 Å². The van der Waals surface area contributed by atoms with Crippen LogP contribution >= 0.6 is 0 Å². The maximum Gasteiger partial charge on any atom is 0.337 e. The summed E-state index contributed by atoms with van der Waals surface area (Å²) < 4.78 is 4.99. The van der Waals surface area contributed by atoms with Gasteiger partial charge in [-0.3, -0.25) is 9.80 Å². The highest BCUT2D eigenvalue weighted by Crippen LogP contribution is 2.36. The second-order valence-corrected chi connectivity index (χ2v) is 9.69. The van der Waals surface area contributed by atoms with Crippen molar-refractivity contribution in [1.29, 1.82) is 0 Å². The quantitative estimate of drug-likeness (QED) is 0.472. The van der Waals surface area contributed by atoms with E-state index in [-0.39, 0.29) is 5.97 Å². The zero-order chi connectivity index (χ0) is 23.3. The number of carbonyl (C=O) groups is 1. The fourth-order valence-corrected chi connectivity index (χ4v) is 5.84. The first kappa shape index (κ1) is 22.8. The molecule has 0 radical (unpaired) electrons. The smallest absolute Gasteiger partial charge is 0.337 e. The summed E-state index contributed by atoms with van der Waals surface area (Å²) in [6.45, 7) is 5.26. The molecule has 5 rings (SSSR count). The summed E-state index contributed by atoms with van der Waals surface area (Å²) in [5.74, 6) is 0.767. The number of likely N-dealkylation sites (tertiary alicyclic amines) is 2. The van der Waals surface area contributed by atoms with Crippen molar-refractivity contribution in [1.82, 2.24) is 9.80 Å². The minimum absolute atomic E-state index is 0.263. The Morgan fingerprint density at radius 2 is 1.53 bits per heavy atom. The third-order valence-electron chi connectivity index (χ3n) is 7.62. The fraction of sp³-hybridized carbons (Fsp3) is 0.367. The number of hydrogen-bond acceptors (Lipinski definition) is 4. The van der Waals surface area contributed by atoms with Crippen molar-refractivity contribution in [3.05, 3.63) is 107 Å². The van der Waals surface area contributed by atoms with Gasteiger partial charge in [-0.15, -0.1) is 0 Å². The van der Waals surface area contributed by atoms with E-state index < -0.39 is 0 Å². The molecule has 2 aliphatic heterocycles. The molecule has 176 valence electrons. The Morgan fingerprint density at radius 3 is 2.24 bits per heavy atom. The van der Waals surface area contributed by atoms with Crippen LogP contribution in [-0.4, -0.2) is 55.1 Å². The number of benzene rings is 3. The molecular weight excluding hydrogens is 420 g/mol. The summed E-state index contributed by atoms with van der Waals surface area (Å²) in [6, 6.07) is 30.3. The summed E-state index contributed by atoms with van der Waals surface area (Å²) in [7, 11) is 1.45. The first-order valence-electron chi connectivity index (χ1n) is 12.4. The van der Waals surface area contributed by atoms with Gasteiger partial charge in [0, 0.05) is 31.6 Å². The number of carbonyl (C=O) groups excluding carboxylic acids is 1. The molecule has 0 amide bonds. The molecule has 2 fully saturated rings. The number of piperidine rings is 1. The van der Waals surface area contributed by atoms with Crippen molar-refractivity contribution >= 4 is 5.97 Å². The fourth-order valence-electron chi connectivity index (χ4n) is 5.84. The molecule has 34 heavy (non-hydrogen) atoms. The van der Waals surface area contributed by atoms with E-state index in [1.54, 1.807) is 0 Å². The standard InChI is InChI=1S/C30H34N2O2/c1-34-30(33)27-14-8-13-26(19-27)28-21-31(20-23-9-4-2-5-10-23)22-29(28)32-17-15-25(16-18-32)24-11-6-3-7-12-24/h2-14,19,25,28-29H,15-18,20-22H2,1H3/t28-,29+/m1/s1. The van der Waals surface area contributed by atoms with Gasteiger partial charge in [0.15, 0.2) is 0 Å². The van der Waals surface area contributed by atoms with Gasteiger partial charge < -0.3 is 4.74 Å². The lowest BCUT2D eigenvalue weighted by atomic mass is 9.86. The predicted octanol–water partition coefficient (Wildman–Crippen LogP) is 5.32.